The fourth-order valence-corrected chi connectivity index (χ4v) is 12.6. The van der Waals surface area contributed by atoms with Gasteiger partial charge < -0.3 is 33.8 Å². The Kier molecular flexibility index (Phi) is 78.8. The summed E-state index contributed by atoms with van der Waals surface area (Å²) in [4.78, 5) is 73.4. The molecule has 0 saturated carbocycles. The number of carbonyl (C=O) groups excluding carboxylic acids is 4. The van der Waals surface area contributed by atoms with Crippen LogP contribution in [0.2, 0.25) is 0 Å². The molecule has 0 aromatic rings. The zero-order valence-electron chi connectivity index (χ0n) is 69.8. The molecule has 0 spiro atoms. The van der Waals surface area contributed by atoms with E-state index in [2.05, 4.69) is 210 Å². The molecule has 5 atom stereocenters. The van der Waals surface area contributed by atoms with Gasteiger partial charge in [-0.25, -0.2) is 9.13 Å². The molecular formula is C93H152O17P2. The van der Waals surface area contributed by atoms with Crippen LogP contribution in [0.25, 0.3) is 0 Å². The van der Waals surface area contributed by atoms with E-state index in [-0.39, 0.29) is 25.7 Å². The van der Waals surface area contributed by atoms with Gasteiger partial charge in [0.25, 0.3) is 0 Å². The first-order valence-corrected chi connectivity index (χ1v) is 46.0. The first-order chi connectivity index (χ1) is 54.7. The molecule has 0 amide bonds. The molecule has 0 aromatic heterocycles. The second kappa shape index (κ2) is 83.1. The van der Waals surface area contributed by atoms with Gasteiger partial charge in [0.05, 0.1) is 26.4 Å². The molecule has 636 valence electrons. The van der Waals surface area contributed by atoms with Gasteiger partial charge in [0, 0.05) is 25.7 Å². The normalized spacial score (nSPS) is 14.7. The van der Waals surface area contributed by atoms with Crippen molar-refractivity contribution in [2.75, 3.05) is 39.6 Å². The summed E-state index contributed by atoms with van der Waals surface area (Å²) in [6, 6.07) is 0. The van der Waals surface area contributed by atoms with E-state index in [0.29, 0.717) is 25.7 Å². The summed E-state index contributed by atoms with van der Waals surface area (Å²) < 4.78 is 68.9. The van der Waals surface area contributed by atoms with Crippen LogP contribution < -0.4 is 0 Å². The van der Waals surface area contributed by atoms with Crippen LogP contribution in [0, 0.1) is 0 Å². The molecular weight excluding hydrogens is 1450 g/mol. The average molecular weight is 1600 g/mol. The minimum absolute atomic E-state index is 0.0570. The van der Waals surface area contributed by atoms with Crippen molar-refractivity contribution in [3.63, 3.8) is 0 Å². The van der Waals surface area contributed by atoms with E-state index < -0.39 is 97.5 Å². The maximum absolute atomic E-state index is 13.2. The van der Waals surface area contributed by atoms with Gasteiger partial charge in [-0.2, -0.15) is 0 Å². The average Bonchev–Trinajstić information content (AvgIpc) is 0.895. The minimum atomic E-state index is -5.00. The summed E-state index contributed by atoms with van der Waals surface area (Å²) in [5.41, 5.74) is 0. The Bertz CT molecular complexity index is 2840. The van der Waals surface area contributed by atoms with Crippen LogP contribution in [0.4, 0.5) is 0 Å². The van der Waals surface area contributed by atoms with Gasteiger partial charge in [-0.05, 0) is 173 Å². The van der Waals surface area contributed by atoms with Gasteiger partial charge in [-0.15, -0.1) is 0 Å². The number of rotatable bonds is 79. The topological polar surface area (TPSA) is 237 Å². The molecule has 0 fully saturated rings. The Morgan fingerprint density at radius 1 is 0.250 bits per heavy atom. The highest BCUT2D eigenvalue weighted by Crippen LogP contribution is 2.45. The van der Waals surface area contributed by atoms with Crippen molar-refractivity contribution in [2.45, 2.75) is 341 Å². The third-order valence-corrected chi connectivity index (χ3v) is 19.3. The lowest BCUT2D eigenvalue weighted by Gasteiger charge is -2.21. The van der Waals surface area contributed by atoms with Crippen molar-refractivity contribution in [1.82, 2.24) is 0 Å². The number of ether oxygens (including phenoxy) is 4. The highest BCUT2D eigenvalue weighted by atomic mass is 31.2. The Morgan fingerprint density at radius 3 is 0.670 bits per heavy atom. The Balaban J connectivity index is 5.45. The molecule has 0 aromatic carbocycles. The van der Waals surface area contributed by atoms with Crippen molar-refractivity contribution in [2.24, 2.45) is 0 Å². The lowest BCUT2D eigenvalue weighted by molar-refractivity contribution is -0.161. The molecule has 0 aliphatic rings. The van der Waals surface area contributed by atoms with E-state index in [4.69, 9.17) is 37.0 Å². The first-order valence-electron chi connectivity index (χ1n) is 43.0. The molecule has 5 unspecified atom stereocenters. The number of esters is 4. The number of aliphatic hydroxyl groups excluding tert-OH is 1. The van der Waals surface area contributed by atoms with Crippen LogP contribution in [0.15, 0.2) is 182 Å². The number of phosphoric ester groups is 2. The number of hydrogen-bond donors (Lipinski definition) is 3. The van der Waals surface area contributed by atoms with E-state index in [9.17, 15) is 43.2 Å². The van der Waals surface area contributed by atoms with E-state index >= 15 is 0 Å². The van der Waals surface area contributed by atoms with Crippen LogP contribution in [0.3, 0.4) is 0 Å². The highest BCUT2D eigenvalue weighted by Gasteiger charge is 2.30. The summed E-state index contributed by atoms with van der Waals surface area (Å²) in [5, 5.41) is 10.7. The summed E-state index contributed by atoms with van der Waals surface area (Å²) in [6.07, 6.45) is 101. The van der Waals surface area contributed by atoms with Crippen molar-refractivity contribution in [3.05, 3.63) is 182 Å². The predicted octanol–water partition coefficient (Wildman–Crippen LogP) is 25.9. The molecule has 0 rings (SSSR count). The number of unbranched alkanes of at least 4 members (excludes halogenated alkanes) is 23. The van der Waals surface area contributed by atoms with Crippen LogP contribution >= 0.6 is 15.6 Å². The smallest absolute Gasteiger partial charge is 0.462 e. The van der Waals surface area contributed by atoms with Crippen LogP contribution in [0.1, 0.15) is 323 Å². The zero-order valence-corrected chi connectivity index (χ0v) is 71.6. The second-order valence-corrected chi connectivity index (χ2v) is 30.9. The van der Waals surface area contributed by atoms with E-state index in [1.165, 1.54) is 0 Å². The van der Waals surface area contributed by atoms with E-state index in [1.807, 2.05) is 0 Å². The molecule has 3 N–H and O–H groups in total. The molecule has 112 heavy (non-hydrogen) atoms. The summed E-state index contributed by atoms with van der Waals surface area (Å²) in [5.74, 6) is -2.25. The summed E-state index contributed by atoms with van der Waals surface area (Å²) in [6.45, 7) is 4.37. The van der Waals surface area contributed by atoms with Crippen LogP contribution in [-0.4, -0.2) is 96.7 Å². The van der Waals surface area contributed by atoms with Crippen molar-refractivity contribution >= 4 is 39.5 Å². The summed E-state index contributed by atoms with van der Waals surface area (Å²) in [7, 11) is -10.0. The quantitative estimate of drug-likeness (QED) is 0.0169. The van der Waals surface area contributed by atoms with Gasteiger partial charge in [-0.3, -0.25) is 37.3 Å². The predicted molar refractivity (Wildman–Crippen MR) is 463 cm³/mol. The molecule has 19 heteroatoms. The molecule has 0 bridgehead atoms. The van der Waals surface area contributed by atoms with E-state index in [0.717, 1.165) is 244 Å². The van der Waals surface area contributed by atoms with Crippen molar-refractivity contribution in [1.29, 1.82) is 0 Å². The lowest BCUT2D eigenvalue weighted by atomic mass is 10.1. The van der Waals surface area contributed by atoms with Gasteiger partial charge in [0.1, 0.15) is 19.3 Å². The third-order valence-electron chi connectivity index (χ3n) is 17.4. The molecule has 0 saturated heterocycles. The Labute approximate surface area is 679 Å². The third kappa shape index (κ3) is 82.2. The zero-order chi connectivity index (χ0) is 81.7. The number of carbonyl (C=O) groups is 4. The Hall–Kier alpha value is -5.84. The van der Waals surface area contributed by atoms with Gasteiger partial charge in [-0.1, -0.05) is 306 Å². The number of phosphoric acid groups is 2. The van der Waals surface area contributed by atoms with Crippen molar-refractivity contribution < 1.29 is 80.2 Å². The minimum Gasteiger partial charge on any atom is -0.462 e. The SMILES string of the molecule is CC/C=C\C/C=C\C/C=C\C/C=C\CCCCCCCCC(=O)OCC(COP(=O)(O)OCC(O)COP(=O)(O)OCC(COC(=O)CCCCCCCC/C=C\C/C=C\C/C=C\C/C=C\CC)OC(=O)CCCCCCCCC/C=C\C/C=C\C/C=C\CC)OC(=O)CCCCCC/C=C\C/C=C\C/C=C\C/C=C\CC. The van der Waals surface area contributed by atoms with Crippen LogP contribution in [0.5, 0.6) is 0 Å². The monoisotopic (exact) mass is 1600 g/mol. The van der Waals surface area contributed by atoms with Gasteiger partial charge in [0.15, 0.2) is 12.2 Å². The summed E-state index contributed by atoms with van der Waals surface area (Å²) >= 11 is 0. The number of hydrogen-bond acceptors (Lipinski definition) is 15. The largest absolute Gasteiger partial charge is 0.472 e. The second-order valence-electron chi connectivity index (χ2n) is 27.9. The van der Waals surface area contributed by atoms with Crippen LogP contribution in [-0.2, 0) is 65.4 Å². The molecule has 0 aliphatic heterocycles. The molecule has 0 heterocycles. The van der Waals surface area contributed by atoms with Crippen molar-refractivity contribution in [3.8, 4) is 0 Å². The molecule has 0 radical (unpaired) electrons. The number of aliphatic hydroxyl groups is 1. The lowest BCUT2D eigenvalue weighted by Crippen LogP contribution is -2.30. The maximum atomic E-state index is 13.2. The standard InChI is InChI=1S/C93H152O17P2/c1-5-9-13-17-21-25-29-33-37-41-43-47-49-53-57-61-65-69-73-77-90(95)103-83-88(109-92(97)79-75-71-67-63-59-55-51-45-39-35-31-27-23-19-15-11-7-3)85-107-111(99,100)105-81-87(94)82-106-112(101,102)108-86-89(110-93(98)80-76-72-68-64-60-56-52-46-40-36-32-28-24-20-16-12-8-4)84-104-91(96)78-74-70-66-62-58-54-50-48-44-42-38-34-30-26-22-18-14-10-6-2/h9-16,21-28,33-40,43-44,47-48,51,55,87-89,94H,5-8,17-20,29-32,41-42,45-46,49-50,52-54,56-86H2,1-4H3,(H,99,100)(H,101,102)/b13-9-,14-10-,15-11-,16-12-,25-21-,26-22-,27-23-,28-24-,37-33-,38-34-,39-35-,40-36-,47-43-,48-44-,55-51-. The Morgan fingerprint density at radius 2 is 0.438 bits per heavy atom. The van der Waals surface area contributed by atoms with Gasteiger partial charge in [0.2, 0.25) is 0 Å². The fraction of sp³-hybridized carbons (Fsp3) is 0.634. The molecule has 0 aliphatic carbocycles. The highest BCUT2D eigenvalue weighted by molar-refractivity contribution is 7.47. The maximum Gasteiger partial charge on any atom is 0.472 e. The first kappa shape index (κ1) is 106. The molecule has 17 nitrogen and oxygen atoms in total. The fourth-order valence-electron chi connectivity index (χ4n) is 11.0. The number of allylic oxidation sites excluding steroid dienone is 30. The van der Waals surface area contributed by atoms with Gasteiger partial charge >= 0.3 is 39.5 Å². The van der Waals surface area contributed by atoms with E-state index in [1.54, 1.807) is 0 Å².